The molecule has 1 N–H and O–H groups in total. The Labute approximate surface area is 110 Å². The molecule has 1 saturated carbocycles. The summed E-state index contributed by atoms with van der Waals surface area (Å²) in [5, 5.41) is 8.85. The number of benzene rings is 1. The molecule has 5 heteroatoms. The summed E-state index contributed by atoms with van der Waals surface area (Å²) in [7, 11) is 0. The van der Waals surface area contributed by atoms with E-state index in [2.05, 4.69) is 0 Å². The molecule has 1 aromatic carbocycles. The number of nitrogens with zero attached hydrogens (tertiary/aromatic N) is 1. The average Bonchev–Trinajstić information content (AvgIpc) is 3.14. The topological polar surface area (TPSA) is 57.6 Å². The number of hydrogen-bond donors (Lipinski definition) is 1. The van der Waals surface area contributed by atoms with Crippen molar-refractivity contribution in [3.05, 3.63) is 35.1 Å². The lowest BCUT2D eigenvalue weighted by atomic mass is 10.1. The van der Waals surface area contributed by atoms with Gasteiger partial charge >= 0.3 is 5.97 Å². The molecule has 0 aliphatic heterocycles. The third-order valence-electron chi connectivity index (χ3n) is 3.21. The molecule has 1 aromatic rings. The number of aliphatic carboxylic acids is 1. The molecule has 0 atom stereocenters. The first-order valence-corrected chi connectivity index (χ1v) is 6.25. The van der Waals surface area contributed by atoms with Crippen molar-refractivity contribution in [1.29, 1.82) is 0 Å². The molecule has 0 unspecified atom stereocenters. The molecule has 2 rings (SSSR count). The highest BCUT2D eigenvalue weighted by molar-refractivity contribution is 5.96. The Morgan fingerprint density at radius 1 is 1.42 bits per heavy atom. The van der Waals surface area contributed by atoms with Gasteiger partial charge in [0.15, 0.2) is 0 Å². The molecule has 4 nitrogen and oxygen atoms in total. The lowest BCUT2D eigenvalue weighted by Crippen LogP contribution is -2.37. The Balaban J connectivity index is 2.21. The molecular weight excluding hydrogens is 249 g/mol. The monoisotopic (exact) mass is 265 g/mol. The maximum absolute atomic E-state index is 13.9. The van der Waals surface area contributed by atoms with Gasteiger partial charge < -0.3 is 10.0 Å². The van der Waals surface area contributed by atoms with Crippen LogP contribution in [0.5, 0.6) is 0 Å². The highest BCUT2D eigenvalue weighted by Crippen LogP contribution is 2.30. The molecule has 1 fully saturated rings. The fourth-order valence-corrected chi connectivity index (χ4v) is 1.98. The van der Waals surface area contributed by atoms with Crippen LogP contribution >= 0.6 is 0 Å². The van der Waals surface area contributed by atoms with Crippen molar-refractivity contribution in [3.63, 3.8) is 0 Å². The van der Waals surface area contributed by atoms with Crippen molar-refractivity contribution in [2.75, 3.05) is 13.1 Å². The Morgan fingerprint density at radius 2 is 2.11 bits per heavy atom. The minimum atomic E-state index is -1.08. The summed E-state index contributed by atoms with van der Waals surface area (Å²) < 4.78 is 13.9. The summed E-state index contributed by atoms with van der Waals surface area (Å²) in [5.74, 6) is -1.84. The number of aryl methyl sites for hydroxylation is 1. The van der Waals surface area contributed by atoms with Crippen LogP contribution < -0.4 is 0 Å². The third-order valence-corrected chi connectivity index (χ3v) is 3.21. The molecular formula is C14H16FNO3. The zero-order valence-corrected chi connectivity index (χ0v) is 10.7. The SMILES string of the molecule is Cc1cccc(C(=O)N(CC(=O)O)CC2CC2)c1F. The van der Waals surface area contributed by atoms with Crippen molar-refractivity contribution < 1.29 is 19.1 Å². The van der Waals surface area contributed by atoms with E-state index >= 15 is 0 Å². The number of carbonyl (C=O) groups excluding carboxylic acids is 1. The molecule has 1 aliphatic carbocycles. The third kappa shape index (κ3) is 3.30. The van der Waals surface area contributed by atoms with Gasteiger partial charge in [-0.1, -0.05) is 12.1 Å². The number of carbonyl (C=O) groups is 2. The van der Waals surface area contributed by atoms with E-state index in [4.69, 9.17) is 5.11 Å². The van der Waals surface area contributed by atoms with E-state index in [-0.39, 0.29) is 12.1 Å². The lowest BCUT2D eigenvalue weighted by molar-refractivity contribution is -0.137. The van der Waals surface area contributed by atoms with Crippen LogP contribution in [0.1, 0.15) is 28.8 Å². The van der Waals surface area contributed by atoms with Crippen LogP contribution in [0.3, 0.4) is 0 Å². The van der Waals surface area contributed by atoms with Crippen LogP contribution in [0.15, 0.2) is 18.2 Å². The number of carboxylic acids is 1. The normalized spacial score (nSPS) is 14.2. The van der Waals surface area contributed by atoms with Crippen LogP contribution in [0.4, 0.5) is 4.39 Å². The smallest absolute Gasteiger partial charge is 0.323 e. The Morgan fingerprint density at radius 3 is 2.68 bits per heavy atom. The van der Waals surface area contributed by atoms with Gasteiger partial charge in [-0.25, -0.2) is 4.39 Å². The maximum atomic E-state index is 13.9. The molecule has 1 amide bonds. The summed E-state index contributed by atoms with van der Waals surface area (Å²) in [4.78, 5) is 24.3. The fraction of sp³-hybridized carbons (Fsp3) is 0.429. The van der Waals surface area contributed by atoms with Crippen LogP contribution in [0.2, 0.25) is 0 Å². The number of amides is 1. The van der Waals surface area contributed by atoms with Gasteiger partial charge in [-0.15, -0.1) is 0 Å². The second-order valence-corrected chi connectivity index (χ2v) is 4.96. The highest BCUT2D eigenvalue weighted by atomic mass is 19.1. The maximum Gasteiger partial charge on any atom is 0.323 e. The van der Waals surface area contributed by atoms with Crippen LogP contribution in [-0.2, 0) is 4.79 Å². The van der Waals surface area contributed by atoms with Crippen LogP contribution in [0.25, 0.3) is 0 Å². The van der Waals surface area contributed by atoms with Gasteiger partial charge in [-0.3, -0.25) is 9.59 Å². The van der Waals surface area contributed by atoms with E-state index < -0.39 is 17.7 Å². The predicted molar refractivity (Wildman–Crippen MR) is 67.4 cm³/mol. The zero-order valence-electron chi connectivity index (χ0n) is 10.7. The van der Waals surface area contributed by atoms with Crippen molar-refractivity contribution in [1.82, 2.24) is 4.90 Å². The second-order valence-electron chi connectivity index (χ2n) is 4.96. The fourth-order valence-electron chi connectivity index (χ4n) is 1.98. The first-order valence-electron chi connectivity index (χ1n) is 6.25. The largest absolute Gasteiger partial charge is 0.480 e. The van der Waals surface area contributed by atoms with Gasteiger partial charge in [-0.2, -0.15) is 0 Å². The summed E-state index contributed by atoms with van der Waals surface area (Å²) in [6, 6.07) is 4.57. The number of rotatable bonds is 5. The van der Waals surface area contributed by atoms with Gasteiger partial charge in [0.25, 0.3) is 5.91 Å². The number of halogens is 1. The summed E-state index contributed by atoms with van der Waals surface area (Å²) >= 11 is 0. The van der Waals surface area contributed by atoms with Gasteiger partial charge in [0, 0.05) is 6.54 Å². The zero-order chi connectivity index (χ0) is 14.0. The summed E-state index contributed by atoms with van der Waals surface area (Å²) in [6.07, 6.45) is 2.00. The first kappa shape index (κ1) is 13.5. The number of hydrogen-bond acceptors (Lipinski definition) is 2. The van der Waals surface area contributed by atoms with Crippen LogP contribution in [-0.4, -0.2) is 35.0 Å². The molecule has 102 valence electrons. The Hall–Kier alpha value is -1.91. The van der Waals surface area contributed by atoms with Crippen molar-refractivity contribution in [2.24, 2.45) is 5.92 Å². The molecule has 0 radical (unpaired) electrons. The second kappa shape index (κ2) is 5.38. The molecule has 0 saturated heterocycles. The first-order chi connectivity index (χ1) is 8.99. The van der Waals surface area contributed by atoms with Crippen molar-refractivity contribution >= 4 is 11.9 Å². The Kier molecular flexibility index (Phi) is 3.83. The predicted octanol–water partition coefficient (Wildman–Crippen LogP) is 2.07. The number of carboxylic acid groups (broad SMARTS) is 1. The highest BCUT2D eigenvalue weighted by Gasteiger charge is 2.29. The van der Waals surface area contributed by atoms with Crippen molar-refractivity contribution in [3.8, 4) is 0 Å². The quantitative estimate of drug-likeness (QED) is 0.886. The molecule has 19 heavy (non-hydrogen) atoms. The standard InChI is InChI=1S/C14H16FNO3/c1-9-3-2-4-11(13(9)15)14(19)16(8-12(17)18)7-10-5-6-10/h2-4,10H,5-8H2,1H3,(H,17,18). The average molecular weight is 265 g/mol. The van der Waals surface area contributed by atoms with E-state index in [1.54, 1.807) is 19.1 Å². The minimum absolute atomic E-state index is 0.0538. The van der Waals surface area contributed by atoms with Gasteiger partial charge in [-0.05, 0) is 37.3 Å². The van der Waals surface area contributed by atoms with E-state index in [1.807, 2.05) is 0 Å². The van der Waals surface area contributed by atoms with Gasteiger partial charge in [0.1, 0.15) is 12.4 Å². The Bertz CT molecular complexity index is 511. The van der Waals surface area contributed by atoms with E-state index in [1.165, 1.54) is 11.0 Å². The van der Waals surface area contributed by atoms with E-state index in [9.17, 15) is 14.0 Å². The molecule has 0 bridgehead atoms. The van der Waals surface area contributed by atoms with Crippen LogP contribution in [0, 0.1) is 18.7 Å². The summed E-state index contributed by atoms with van der Waals surface area (Å²) in [5.41, 5.74) is 0.328. The molecule has 0 spiro atoms. The van der Waals surface area contributed by atoms with E-state index in [0.29, 0.717) is 18.0 Å². The molecule has 0 heterocycles. The van der Waals surface area contributed by atoms with Gasteiger partial charge in [0.05, 0.1) is 5.56 Å². The van der Waals surface area contributed by atoms with Gasteiger partial charge in [0.2, 0.25) is 0 Å². The lowest BCUT2D eigenvalue weighted by Gasteiger charge is -2.21. The minimum Gasteiger partial charge on any atom is -0.480 e. The van der Waals surface area contributed by atoms with E-state index in [0.717, 1.165) is 12.8 Å². The molecule has 1 aliphatic rings. The summed E-state index contributed by atoms with van der Waals surface area (Å²) in [6.45, 7) is 1.58. The molecule has 0 aromatic heterocycles. The van der Waals surface area contributed by atoms with Crippen molar-refractivity contribution in [2.45, 2.75) is 19.8 Å².